The van der Waals surface area contributed by atoms with Crippen molar-refractivity contribution in [2.45, 2.75) is 6.54 Å². The highest BCUT2D eigenvalue weighted by Gasteiger charge is 2.12. The highest BCUT2D eigenvalue weighted by atomic mass is 19.1. The van der Waals surface area contributed by atoms with Gasteiger partial charge in [0.1, 0.15) is 0 Å². The van der Waals surface area contributed by atoms with Crippen LogP contribution in [0.4, 0.5) is 10.2 Å². The highest BCUT2D eigenvalue weighted by Crippen LogP contribution is 2.29. The van der Waals surface area contributed by atoms with E-state index < -0.39 is 0 Å². The average molecular weight is 406 g/mol. The van der Waals surface area contributed by atoms with Gasteiger partial charge in [0.05, 0.1) is 5.52 Å². The summed E-state index contributed by atoms with van der Waals surface area (Å²) in [4.78, 5) is 12.6. The minimum Gasteiger partial charge on any atom is -0.364 e. The van der Waals surface area contributed by atoms with Gasteiger partial charge in [0, 0.05) is 42.3 Å². The van der Waals surface area contributed by atoms with Crippen LogP contribution in [0.3, 0.4) is 0 Å². The van der Waals surface area contributed by atoms with Crippen molar-refractivity contribution in [3.05, 3.63) is 109 Å². The summed E-state index contributed by atoms with van der Waals surface area (Å²) in [5.41, 5.74) is 5.46. The molecular weight excluding hydrogens is 387 g/mol. The Labute approximate surface area is 179 Å². The molecule has 0 aliphatic carbocycles. The van der Waals surface area contributed by atoms with Crippen LogP contribution >= 0.6 is 0 Å². The molecule has 0 unspecified atom stereocenters. The Hall–Kier alpha value is -4.12. The van der Waals surface area contributed by atoms with E-state index >= 15 is 4.39 Å². The molecule has 0 aliphatic heterocycles. The number of fused-ring (bicyclic) bond motifs is 1. The maximum absolute atomic E-state index is 15.2. The van der Waals surface area contributed by atoms with Crippen molar-refractivity contribution in [2.24, 2.45) is 0 Å². The fourth-order valence-electron chi connectivity index (χ4n) is 3.58. The van der Waals surface area contributed by atoms with E-state index in [0.717, 1.165) is 33.2 Å². The molecule has 5 aromatic rings. The van der Waals surface area contributed by atoms with Crippen molar-refractivity contribution in [3.8, 4) is 22.3 Å². The first kappa shape index (κ1) is 18.9. The molecule has 0 spiro atoms. The summed E-state index contributed by atoms with van der Waals surface area (Å²) in [5, 5.41) is 4.10. The second kappa shape index (κ2) is 8.32. The zero-order chi connectivity index (χ0) is 21.0. The van der Waals surface area contributed by atoms with E-state index in [2.05, 4.69) is 32.4 Å². The number of nitrogens with one attached hydrogen (secondary N) is 1. The standard InChI is InChI=1S/C26H19FN4/c27-25-23(21-7-8-24-22(16-21)2-1-12-29-24)11-15-30-26(25)31-17-18-3-5-19(6-4-18)20-9-13-28-14-10-20/h1-16H,17H2,(H,30,31). The molecule has 5 heteroatoms. The number of halogens is 1. The van der Waals surface area contributed by atoms with Crippen LogP contribution in [0.25, 0.3) is 33.2 Å². The van der Waals surface area contributed by atoms with Gasteiger partial charge in [0.25, 0.3) is 0 Å². The number of nitrogens with zero attached hydrogens (tertiary/aromatic N) is 3. The summed E-state index contributed by atoms with van der Waals surface area (Å²) in [5.74, 6) is -0.124. The van der Waals surface area contributed by atoms with Gasteiger partial charge < -0.3 is 5.32 Å². The molecule has 0 bridgehead atoms. The Morgan fingerprint density at radius 1 is 0.710 bits per heavy atom. The first-order valence-corrected chi connectivity index (χ1v) is 10.0. The van der Waals surface area contributed by atoms with Crippen molar-refractivity contribution in [1.29, 1.82) is 0 Å². The van der Waals surface area contributed by atoms with Crippen LogP contribution in [-0.2, 0) is 6.54 Å². The Bertz CT molecular complexity index is 1340. The maximum Gasteiger partial charge on any atom is 0.173 e. The Morgan fingerprint density at radius 3 is 2.32 bits per heavy atom. The molecule has 0 radical (unpaired) electrons. The number of anilines is 1. The highest BCUT2D eigenvalue weighted by molar-refractivity contribution is 5.84. The SMILES string of the molecule is Fc1c(-c2ccc3ncccc3c2)ccnc1NCc1ccc(-c2ccncc2)cc1. The van der Waals surface area contributed by atoms with Gasteiger partial charge in [0.15, 0.2) is 11.6 Å². The number of hydrogen-bond donors (Lipinski definition) is 1. The second-order valence-electron chi connectivity index (χ2n) is 7.22. The fourth-order valence-corrected chi connectivity index (χ4v) is 3.58. The molecule has 0 fully saturated rings. The van der Waals surface area contributed by atoms with Gasteiger partial charge >= 0.3 is 0 Å². The molecule has 4 nitrogen and oxygen atoms in total. The molecule has 0 aliphatic rings. The van der Waals surface area contributed by atoms with E-state index in [-0.39, 0.29) is 11.6 Å². The van der Waals surface area contributed by atoms with Gasteiger partial charge in [-0.05, 0) is 58.7 Å². The minimum atomic E-state index is -0.362. The Morgan fingerprint density at radius 2 is 1.48 bits per heavy atom. The van der Waals surface area contributed by atoms with Crippen molar-refractivity contribution in [2.75, 3.05) is 5.32 Å². The lowest BCUT2D eigenvalue weighted by atomic mass is 10.0. The predicted molar refractivity (Wildman–Crippen MR) is 122 cm³/mol. The molecule has 0 saturated carbocycles. The third-order valence-electron chi connectivity index (χ3n) is 5.23. The van der Waals surface area contributed by atoms with E-state index in [0.29, 0.717) is 12.1 Å². The topological polar surface area (TPSA) is 50.7 Å². The summed E-state index contributed by atoms with van der Waals surface area (Å²) < 4.78 is 15.2. The van der Waals surface area contributed by atoms with Crippen LogP contribution in [0.15, 0.2) is 97.6 Å². The Balaban J connectivity index is 1.35. The van der Waals surface area contributed by atoms with Crippen LogP contribution < -0.4 is 5.32 Å². The molecule has 1 N–H and O–H groups in total. The van der Waals surface area contributed by atoms with Gasteiger partial charge in [-0.3, -0.25) is 9.97 Å². The molecule has 3 aromatic heterocycles. The monoisotopic (exact) mass is 406 g/mol. The summed E-state index contributed by atoms with van der Waals surface area (Å²) >= 11 is 0. The second-order valence-corrected chi connectivity index (χ2v) is 7.22. The van der Waals surface area contributed by atoms with E-state index in [1.807, 2.05) is 54.6 Å². The minimum absolute atomic E-state index is 0.238. The molecule has 3 heterocycles. The number of rotatable bonds is 5. The van der Waals surface area contributed by atoms with Crippen LogP contribution in [0.2, 0.25) is 0 Å². The number of benzene rings is 2. The lowest BCUT2D eigenvalue weighted by Gasteiger charge is -2.11. The van der Waals surface area contributed by atoms with E-state index in [9.17, 15) is 0 Å². The molecule has 0 saturated heterocycles. The third kappa shape index (κ3) is 3.98. The maximum atomic E-state index is 15.2. The first-order valence-electron chi connectivity index (χ1n) is 10.0. The Kier molecular flexibility index (Phi) is 5.07. The van der Waals surface area contributed by atoms with Crippen molar-refractivity contribution in [1.82, 2.24) is 15.0 Å². The van der Waals surface area contributed by atoms with E-state index in [1.165, 1.54) is 0 Å². The zero-order valence-corrected chi connectivity index (χ0v) is 16.7. The van der Waals surface area contributed by atoms with Gasteiger partial charge in [-0.15, -0.1) is 0 Å². The van der Waals surface area contributed by atoms with Gasteiger partial charge in [-0.1, -0.05) is 36.4 Å². The third-order valence-corrected chi connectivity index (χ3v) is 5.23. The molecule has 2 aromatic carbocycles. The largest absolute Gasteiger partial charge is 0.364 e. The quantitative estimate of drug-likeness (QED) is 0.383. The van der Waals surface area contributed by atoms with Crippen LogP contribution in [0, 0.1) is 5.82 Å². The average Bonchev–Trinajstić information content (AvgIpc) is 2.84. The predicted octanol–water partition coefficient (Wildman–Crippen LogP) is 6.11. The van der Waals surface area contributed by atoms with Gasteiger partial charge in [-0.25, -0.2) is 9.37 Å². The van der Waals surface area contributed by atoms with Gasteiger partial charge in [-0.2, -0.15) is 0 Å². The fraction of sp³-hybridized carbons (Fsp3) is 0.0385. The molecule has 5 rings (SSSR count). The zero-order valence-electron chi connectivity index (χ0n) is 16.7. The molecule has 31 heavy (non-hydrogen) atoms. The first-order chi connectivity index (χ1) is 15.3. The summed E-state index contributed by atoms with van der Waals surface area (Å²) in [6, 6.07) is 23.4. The van der Waals surface area contributed by atoms with Crippen molar-refractivity contribution < 1.29 is 4.39 Å². The number of aromatic nitrogens is 3. The summed E-state index contributed by atoms with van der Waals surface area (Å²) in [6.07, 6.45) is 6.93. The van der Waals surface area contributed by atoms with Crippen molar-refractivity contribution in [3.63, 3.8) is 0 Å². The smallest absolute Gasteiger partial charge is 0.173 e. The van der Waals surface area contributed by atoms with E-state index in [1.54, 1.807) is 30.9 Å². The lowest BCUT2D eigenvalue weighted by molar-refractivity contribution is 0.628. The van der Waals surface area contributed by atoms with Crippen LogP contribution in [-0.4, -0.2) is 15.0 Å². The number of hydrogen-bond acceptors (Lipinski definition) is 4. The normalized spacial score (nSPS) is 10.9. The van der Waals surface area contributed by atoms with E-state index in [4.69, 9.17) is 0 Å². The summed E-state index contributed by atoms with van der Waals surface area (Å²) in [6.45, 7) is 0.478. The molecule has 0 amide bonds. The summed E-state index contributed by atoms with van der Waals surface area (Å²) in [7, 11) is 0. The molecule has 150 valence electrons. The number of pyridine rings is 3. The molecular formula is C26H19FN4. The lowest BCUT2D eigenvalue weighted by Crippen LogP contribution is -2.04. The van der Waals surface area contributed by atoms with Crippen LogP contribution in [0.1, 0.15) is 5.56 Å². The van der Waals surface area contributed by atoms with Crippen LogP contribution in [0.5, 0.6) is 0 Å². The van der Waals surface area contributed by atoms with Gasteiger partial charge in [0.2, 0.25) is 0 Å². The van der Waals surface area contributed by atoms with Crippen molar-refractivity contribution >= 4 is 16.7 Å². The molecule has 0 atom stereocenters.